The zero-order valence-electron chi connectivity index (χ0n) is 14.2. The molecule has 25 heavy (non-hydrogen) atoms. The van der Waals surface area contributed by atoms with E-state index in [0.717, 1.165) is 23.3 Å². The van der Waals surface area contributed by atoms with Crippen LogP contribution in [0.2, 0.25) is 0 Å². The molecule has 128 valence electrons. The molecule has 0 saturated heterocycles. The molecule has 0 radical (unpaired) electrons. The highest BCUT2D eigenvalue weighted by atomic mass is 32.2. The van der Waals surface area contributed by atoms with Gasteiger partial charge in [-0.05, 0) is 36.2 Å². The zero-order chi connectivity index (χ0) is 17.6. The summed E-state index contributed by atoms with van der Waals surface area (Å²) < 4.78 is 5.14. The molecular formula is C19H19N3O2S. The minimum absolute atomic E-state index is 0.0726. The molecule has 3 aromatic rings. The molecule has 1 N–H and O–H groups in total. The van der Waals surface area contributed by atoms with E-state index in [4.69, 9.17) is 4.74 Å². The Morgan fingerprint density at radius 1 is 1.12 bits per heavy atom. The third-order valence-electron chi connectivity index (χ3n) is 3.84. The van der Waals surface area contributed by atoms with Crippen LogP contribution in [0, 0.1) is 0 Å². The molecule has 3 rings (SSSR count). The number of benzene rings is 2. The van der Waals surface area contributed by atoms with E-state index in [-0.39, 0.29) is 5.78 Å². The van der Waals surface area contributed by atoms with E-state index >= 15 is 0 Å². The number of ketones is 1. The topological polar surface area (TPSA) is 67.9 Å². The van der Waals surface area contributed by atoms with Gasteiger partial charge >= 0.3 is 0 Å². The number of hydrogen-bond donors (Lipinski definition) is 1. The number of nitrogens with zero attached hydrogens (tertiary/aromatic N) is 2. The Balaban J connectivity index is 1.61. The molecule has 1 heterocycles. The van der Waals surface area contributed by atoms with Crippen molar-refractivity contribution in [2.45, 2.75) is 18.5 Å². The lowest BCUT2D eigenvalue weighted by molar-refractivity contribution is 0.102. The van der Waals surface area contributed by atoms with Gasteiger partial charge in [-0.1, -0.05) is 43.0 Å². The highest BCUT2D eigenvalue weighted by Crippen LogP contribution is 2.22. The molecule has 0 saturated carbocycles. The number of methoxy groups -OCH3 is 1. The van der Waals surface area contributed by atoms with Crippen LogP contribution in [0.5, 0.6) is 5.75 Å². The summed E-state index contributed by atoms with van der Waals surface area (Å²) in [5.41, 5.74) is 2.86. The number of nitrogens with one attached hydrogen (secondary N) is 1. The lowest BCUT2D eigenvalue weighted by Crippen LogP contribution is -2.02. The van der Waals surface area contributed by atoms with E-state index in [2.05, 4.69) is 22.1 Å². The molecule has 1 aromatic heterocycles. The van der Waals surface area contributed by atoms with E-state index in [0.29, 0.717) is 16.7 Å². The molecule has 0 atom stereocenters. The maximum atomic E-state index is 12.3. The van der Waals surface area contributed by atoms with Crippen LogP contribution in [0.1, 0.15) is 22.8 Å². The molecule has 0 aliphatic carbocycles. The smallest absolute Gasteiger partial charge is 0.209 e. The minimum Gasteiger partial charge on any atom is -0.497 e. The number of H-pyrrole nitrogens is 1. The van der Waals surface area contributed by atoms with E-state index in [1.165, 1.54) is 17.3 Å². The number of carbonyl (C=O) groups is 1. The first-order chi connectivity index (χ1) is 12.2. The van der Waals surface area contributed by atoms with E-state index in [9.17, 15) is 4.79 Å². The standard InChI is InChI=1S/C19H19N3O2S/c1-3-13-4-6-14(7-5-13)17(23)12-25-19-20-18(21-22-19)15-8-10-16(24-2)11-9-15/h4-11H,3,12H2,1-2H3,(H,20,21,22). The average Bonchev–Trinajstić information content (AvgIpc) is 3.15. The van der Waals surface area contributed by atoms with Crippen molar-refractivity contribution in [3.8, 4) is 17.1 Å². The third kappa shape index (κ3) is 4.28. The van der Waals surface area contributed by atoms with Crippen molar-refractivity contribution in [1.29, 1.82) is 0 Å². The fourth-order valence-corrected chi connectivity index (χ4v) is 3.02. The van der Waals surface area contributed by atoms with E-state index in [1.807, 2.05) is 48.5 Å². The first-order valence-corrected chi connectivity index (χ1v) is 9.00. The van der Waals surface area contributed by atoms with E-state index in [1.54, 1.807) is 7.11 Å². The van der Waals surface area contributed by atoms with Crippen LogP contribution in [-0.4, -0.2) is 33.8 Å². The van der Waals surface area contributed by atoms with Gasteiger partial charge in [-0.2, -0.15) is 0 Å². The molecule has 0 aliphatic rings. The van der Waals surface area contributed by atoms with Crippen LogP contribution in [0.25, 0.3) is 11.4 Å². The SMILES string of the molecule is CCc1ccc(C(=O)CSc2n[nH]c(-c3ccc(OC)cc3)n2)cc1. The van der Waals surface area contributed by atoms with Gasteiger partial charge in [0.2, 0.25) is 5.16 Å². The van der Waals surface area contributed by atoms with Crippen molar-refractivity contribution >= 4 is 17.5 Å². The van der Waals surface area contributed by atoms with Crippen LogP contribution in [0.15, 0.2) is 53.7 Å². The van der Waals surface area contributed by atoms with Crippen molar-refractivity contribution in [3.05, 3.63) is 59.7 Å². The van der Waals surface area contributed by atoms with Crippen LogP contribution in [-0.2, 0) is 6.42 Å². The number of hydrogen-bond acceptors (Lipinski definition) is 5. The number of ether oxygens (including phenoxy) is 1. The van der Waals surface area contributed by atoms with Crippen molar-refractivity contribution in [2.75, 3.05) is 12.9 Å². The van der Waals surface area contributed by atoms with Gasteiger partial charge in [-0.3, -0.25) is 9.89 Å². The van der Waals surface area contributed by atoms with Crippen LogP contribution in [0.4, 0.5) is 0 Å². The highest BCUT2D eigenvalue weighted by molar-refractivity contribution is 7.99. The quantitative estimate of drug-likeness (QED) is 0.513. The van der Waals surface area contributed by atoms with Gasteiger partial charge in [0, 0.05) is 11.1 Å². The van der Waals surface area contributed by atoms with Crippen LogP contribution in [0.3, 0.4) is 0 Å². The number of aryl methyl sites for hydroxylation is 1. The second-order valence-electron chi connectivity index (χ2n) is 5.46. The summed E-state index contributed by atoms with van der Waals surface area (Å²) in [4.78, 5) is 16.7. The predicted molar refractivity (Wildman–Crippen MR) is 99.2 cm³/mol. The Hall–Kier alpha value is -2.60. The van der Waals surface area contributed by atoms with Crippen molar-refractivity contribution in [2.24, 2.45) is 0 Å². The minimum atomic E-state index is 0.0726. The van der Waals surface area contributed by atoms with Gasteiger partial charge in [-0.25, -0.2) is 4.98 Å². The molecule has 0 spiro atoms. The predicted octanol–water partition coefficient (Wildman–Crippen LogP) is 4.02. The Labute approximate surface area is 150 Å². The molecule has 2 aromatic carbocycles. The summed E-state index contributed by atoms with van der Waals surface area (Å²) in [6.45, 7) is 2.09. The average molecular weight is 353 g/mol. The summed E-state index contributed by atoms with van der Waals surface area (Å²) in [6, 6.07) is 15.3. The summed E-state index contributed by atoms with van der Waals surface area (Å²) in [5, 5.41) is 7.64. The van der Waals surface area contributed by atoms with Crippen LogP contribution < -0.4 is 4.74 Å². The van der Waals surface area contributed by atoms with Gasteiger partial charge in [-0.15, -0.1) is 5.10 Å². The van der Waals surface area contributed by atoms with Crippen molar-refractivity contribution in [1.82, 2.24) is 15.2 Å². The summed E-state index contributed by atoms with van der Waals surface area (Å²) in [7, 11) is 1.63. The van der Waals surface area contributed by atoms with Crippen molar-refractivity contribution in [3.63, 3.8) is 0 Å². The lowest BCUT2D eigenvalue weighted by atomic mass is 10.1. The Morgan fingerprint density at radius 3 is 2.48 bits per heavy atom. The zero-order valence-corrected chi connectivity index (χ0v) is 15.0. The third-order valence-corrected chi connectivity index (χ3v) is 4.69. The maximum Gasteiger partial charge on any atom is 0.209 e. The molecule has 0 aliphatic heterocycles. The van der Waals surface area contributed by atoms with E-state index < -0.39 is 0 Å². The summed E-state index contributed by atoms with van der Waals surface area (Å²) in [6.07, 6.45) is 0.967. The molecule has 5 nitrogen and oxygen atoms in total. The fourth-order valence-electron chi connectivity index (χ4n) is 2.33. The maximum absolute atomic E-state index is 12.3. The van der Waals surface area contributed by atoms with Crippen molar-refractivity contribution < 1.29 is 9.53 Å². The number of carbonyl (C=O) groups excluding carboxylic acids is 1. The van der Waals surface area contributed by atoms with Gasteiger partial charge in [0.25, 0.3) is 0 Å². The number of thioether (sulfide) groups is 1. The van der Waals surface area contributed by atoms with Gasteiger partial charge in [0.15, 0.2) is 11.6 Å². The molecule has 0 amide bonds. The Bertz CT molecular complexity index is 842. The second-order valence-corrected chi connectivity index (χ2v) is 6.40. The van der Waals surface area contributed by atoms with Gasteiger partial charge < -0.3 is 4.74 Å². The second kappa shape index (κ2) is 7.98. The number of rotatable bonds is 7. The number of aromatic nitrogens is 3. The molecule has 6 heteroatoms. The van der Waals surface area contributed by atoms with Crippen LogP contribution >= 0.6 is 11.8 Å². The summed E-state index contributed by atoms with van der Waals surface area (Å²) in [5.74, 6) is 1.84. The largest absolute Gasteiger partial charge is 0.497 e. The number of Topliss-reactive ketones (excluding diaryl/α,β-unsaturated/α-hetero) is 1. The monoisotopic (exact) mass is 353 g/mol. The van der Waals surface area contributed by atoms with Gasteiger partial charge in [0.05, 0.1) is 12.9 Å². The molecule has 0 fully saturated rings. The molecular weight excluding hydrogens is 334 g/mol. The molecule has 0 bridgehead atoms. The number of aromatic amines is 1. The lowest BCUT2D eigenvalue weighted by Gasteiger charge is -2.01. The molecule has 0 unspecified atom stereocenters. The Kier molecular flexibility index (Phi) is 5.50. The summed E-state index contributed by atoms with van der Waals surface area (Å²) >= 11 is 1.33. The fraction of sp³-hybridized carbons (Fsp3) is 0.211. The highest BCUT2D eigenvalue weighted by Gasteiger charge is 2.11. The Morgan fingerprint density at radius 2 is 1.84 bits per heavy atom. The first-order valence-electron chi connectivity index (χ1n) is 8.01. The van der Waals surface area contributed by atoms with Gasteiger partial charge in [0.1, 0.15) is 5.75 Å². The first kappa shape index (κ1) is 17.2. The normalized spacial score (nSPS) is 10.6.